The third kappa shape index (κ3) is 5.18. The third-order valence-electron chi connectivity index (χ3n) is 6.37. The summed E-state index contributed by atoms with van der Waals surface area (Å²) in [6, 6.07) is 11.1. The zero-order chi connectivity index (χ0) is 27.7. The molecule has 9 nitrogen and oxygen atoms in total. The topological polar surface area (TPSA) is 100 Å². The first-order valence-electron chi connectivity index (χ1n) is 11.9. The highest BCUT2D eigenvalue weighted by atomic mass is 19.4. The first kappa shape index (κ1) is 25.9. The average Bonchev–Trinajstić information content (AvgIpc) is 3.31. The molecular weight excluding hydrogens is 518 g/mol. The maximum atomic E-state index is 15.0. The van der Waals surface area contributed by atoms with Crippen LogP contribution < -0.4 is 4.90 Å². The van der Waals surface area contributed by atoms with Crippen LogP contribution in [0.5, 0.6) is 0 Å². The Morgan fingerprint density at radius 2 is 1.95 bits per heavy atom. The minimum Gasteiger partial charge on any atom is -0.440 e. The van der Waals surface area contributed by atoms with Crippen molar-refractivity contribution in [1.29, 1.82) is 5.26 Å². The maximum absolute atomic E-state index is 15.0. The van der Waals surface area contributed by atoms with Crippen molar-refractivity contribution in [2.24, 2.45) is 0 Å². The molecule has 0 radical (unpaired) electrons. The van der Waals surface area contributed by atoms with E-state index in [0.717, 1.165) is 0 Å². The summed E-state index contributed by atoms with van der Waals surface area (Å²) in [5.41, 5.74) is 1.59. The Kier molecular flexibility index (Phi) is 6.78. The van der Waals surface area contributed by atoms with Crippen LogP contribution in [-0.4, -0.2) is 69.0 Å². The van der Waals surface area contributed by atoms with Gasteiger partial charge in [0, 0.05) is 49.2 Å². The molecule has 13 heteroatoms. The molecule has 1 aliphatic rings. The molecule has 5 rings (SSSR count). The Hall–Kier alpha value is -4.73. The number of aromatic nitrogens is 4. The first-order valence-corrected chi connectivity index (χ1v) is 11.9. The molecule has 0 spiro atoms. The molecular formula is C26H21F4N7O2. The molecule has 39 heavy (non-hydrogen) atoms. The molecule has 1 aromatic carbocycles. The van der Waals surface area contributed by atoms with Gasteiger partial charge in [-0.05, 0) is 25.1 Å². The van der Waals surface area contributed by atoms with Crippen LogP contribution in [0.3, 0.4) is 0 Å². The van der Waals surface area contributed by atoms with Crippen LogP contribution in [0, 0.1) is 17.1 Å². The van der Waals surface area contributed by atoms with E-state index >= 15 is 4.39 Å². The summed E-state index contributed by atoms with van der Waals surface area (Å²) in [5, 5.41) is 9.88. The normalized spacial score (nSPS) is 15.8. The van der Waals surface area contributed by atoms with Gasteiger partial charge >= 0.3 is 12.3 Å². The summed E-state index contributed by atoms with van der Waals surface area (Å²) < 4.78 is 58.6. The van der Waals surface area contributed by atoms with E-state index < -0.39 is 24.7 Å². The van der Waals surface area contributed by atoms with Crippen molar-refractivity contribution in [2.75, 3.05) is 31.1 Å². The van der Waals surface area contributed by atoms with Gasteiger partial charge in [0.2, 0.25) is 0 Å². The van der Waals surface area contributed by atoms with Crippen LogP contribution in [0.1, 0.15) is 12.5 Å². The number of ether oxygens (including phenoxy) is 1. The number of amides is 1. The number of hydrogen-bond donors (Lipinski definition) is 0. The lowest BCUT2D eigenvalue weighted by atomic mass is 10.0. The van der Waals surface area contributed by atoms with Gasteiger partial charge in [0.05, 0.1) is 17.0 Å². The highest BCUT2D eigenvalue weighted by Crippen LogP contribution is 2.38. The lowest BCUT2D eigenvalue weighted by Crippen LogP contribution is -2.54. The summed E-state index contributed by atoms with van der Waals surface area (Å²) in [7, 11) is 0. The fourth-order valence-electron chi connectivity index (χ4n) is 4.61. The van der Waals surface area contributed by atoms with E-state index in [4.69, 9.17) is 0 Å². The zero-order valence-corrected chi connectivity index (χ0v) is 20.6. The summed E-state index contributed by atoms with van der Waals surface area (Å²) in [5.74, 6) is 0.399. The molecule has 3 aromatic heterocycles. The molecule has 1 saturated heterocycles. The molecule has 1 amide bonds. The van der Waals surface area contributed by atoms with Gasteiger partial charge < -0.3 is 14.5 Å². The molecule has 0 aliphatic carbocycles. The molecule has 1 aliphatic heterocycles. The molecule has 1 atom stereocenters. The van der Waals surface area contributed by atoms with Crippen molar-refractivity contribution in [3.8, 4) is 23.0 Å². The van der Waals surface area contributed by atoms with Gasteiger partial charge in [0.15, 0.2) is 12.3 Å². The number of piperazine rings is 1. The van der Waals surface area contributed by atoms with Gasteiger partial charge in [0.25, 0.3) is 0 Å². The number of carbonyl (C=O) groups excluding carboxylic acids is 1. The summed E-state index contributed by atoms with van der Waals surface area (Å²) >= 11 is 0. The summed E-state index contributed by atoms with van der Waals surface area (Å²) in [4.78, 5) is 28.6. The van der Waals surface area contributed by atoms with E-state index in [0.29, 0.717) is 39.4 Å². The molecule has 0 saturated carbocycles. The van der Waals surface area contributed by atoms with Crippen molar-refractivity contribution in [3.63, 3.8) is 0 Å². The Morgan fingerprint density at radius 1 is 1.15 bits per heavy atom. The van der Waals surface area contributed by atoms with E-state index in [1.807, 2.05) is 4.90 Å². The van der Waals surface area contributed by atoms with Crippen LogP contribution in [0.2, 0.25) is 0 Å². The first-order chi connectivity index (χ1) is 18.7. The number of fused-ring (bicyclic) bond motifs is 1. The largest absolute Gasteiger partial charge is 0.440 e. The zero-order valence-electron chi connectivity index (χ0n) is 20.6. The minimum atomic E-state index is -4.62. The van der Waals surface area contributed by atoms with E-state index in [1.54, 1.807) is 48.0 Å². The van der Waals surface area contributed by atoms with Gasteiger partial charge in [-0.1, -0.05) is 18.2 Å². The highest BCUT2D eigenvalue weighted by Gasteiger charge is 2.34. The van der Waals surface area contributed by atoms with E-state index in [9.17, 15) is 23.2 Å². The van der Waals surface area contributed by atoms with Crippen LogP contribution in [0.25, 0.3) is 28.0 Å². The van der Waals surface area contributed by atoms with E-state index in [-0.39, 0.29) is 25.7 Å². The van der Waals surface area contributed by atoms with Gasteiger partial charge in [-0.2, -0.15) is 18.4 Å². The van der Waals surface area contributed by atoms with Crippen LogP contribution in [0.15, 0.2) is 55.1 Å². The number of carbonyl (C=O) groups is 1. The molecule has 0 unspecified atom stereocenters. The van der Waals surface area contributed by atoms with Gasteiger partial charge in [-0.25, -0.2) is 24.1 Å². The fourth-order valence-corrected chi connectivity index (χ4v) is 4.61. The number of alkyl halides is 3. The molecule has 1 fully saturated rings. The second-order valence-electron chi connectivity index (χ2n) is 8.96. The van der Waals surface area contributed by atoms with Crippen molar-refractivity contribution in [2.45, 2.75) is 19.1 Å². The Labute approximate surface area is 219 Å². The summed E-state index contributed by atoms with van der Waals surface area (Å²) in [6.45, 7) is 0.554. The molecule has 4 aromatic rings. The molecule has 0 bridgehead atoms. The molecule has 200 valence electrons. The predicted octanol–water partition coefficient (Wildman–Crippen LogP) is 4.70. The van der Waals surface area contributed by atoms with Crippen LogP contribution in [-0.2, 0) is 4.74 Å². The van der Waals surface area contributed by atoms with Gasteiger partial charge in [-0.15, -0.1) is 0 Å². The standard InChI is InChI=1S/C26H21F4N7O2/c1-16-12-35(25(38)39-14-26(28,29)30)8-9-36(16)23-22-19(18-4-2-3-5-20(18)27)13-37(24(22)34-15-33-23)21-10-17(11-31)6-7-32-21/h2-7,10,13,15-16H,8-9,12,14H2,1H3/t16-/m0/s1. The van der Waals surface area contributed by atoms with Crippen molar-refractivity contribution >= 4 is 22.9 Å². The fraction of sp³-hybridized carbons (Fsp3) is 0.269. The van der Waals surface area contributed by atoms with Crippen molar-refractivity contribution in [1.82, 2.24) is 24.4 Å². The smallest absolute Gasteiger partial charge is 0.422 e. The average molecular weight is 539 g/mol. The number of nitriles is 1. The number of halogens is 4. The van der Waals surface area contributed by atoms with Crippen molar-refractivity contribution < 1.29 is 27.1 Å². The Morgan fingerprint density at radius 3 is 2.67 bits per heavy atom. The summed E-state index contributed by atoms with van der Waals surface area (Å²) in [6.07, 6.45) is -1.14. The molecule has 4 heterocycles. The van der Waals surface area contributed by atoms with E-state index in [1.165, 1.54) is 23.5 Å². The Balaban J connectivity index is 1.57. The maximum Gasteiger partial charge on any atom is 0.422 e. The van der Waals surface area contributed by atoms with Gasteiger partial charge in [0.1, 0.15) is 23.8 Å². The monoisotopic (exact) mass is 539 g/mol. The van der Waals surface area contributed by atoms with Crippen LogP contribution in [0.4, 0.5) is 28.2 Å². The third-order valence-corrected chi connectivity index (χ3v) is 6.37. The van der Waals surface area contributed by atoms with Crippen LogP contribution >= 0.6 is 0 Å². The highest BCUT2D eigenvalue weighted by molar-refractivity contribution is 6.02. The number of nitrogens with zero attached hydrogens (tertiary/aromatic N) is 7. The van der Waals surface area contributed by atoms with Crippen molar-refractivity contribution in [3.05, 3.63) is 66.5 Å². The minimum absolute atomic E-state index is 0.0870. The second kappa shape index (κ2) is 10.2. The second-order valence-corrected chi connectivity index (χ2v) is 8.96. The Bertz CT molecular complexity index is 1580. The predicted molar refractivity (Wildman–Crippen MR) is 133 cm³/mol. The number of benzene rings is 1. The lowest BCUT2D eigenvalue weighted by Gasteiger charge is -2.40. The number of rotatable bonds is 4. The van der Waals surface area contributed by atoms with Gasteiger partial charge in [-0.3, -0.25) is 4.57 Å². The number of hydrogen-bond acceptors (Lipinski definition) is 7. The molecule has 0 N–H and O–H groups in total. The number of anilines is 1. The van der Waals surface area contributed by atoms with E-state index in [2.05, 4.69) is 25.8 Å². The number of pyridine rings is 1. The SMILES string of the molecule is C[C@H]1CN(C(=O)OCC(F)(F)F)CCN1c1ncnc2c1c(-c1ccccc1F)cn2-c1cc(C#N)ccn1. The lowest BCUT2D eigenvalue weighted by molar-refractivity contribution is -0.162. The quantitative estimate of drug-likeness (QED) is 0.347.